The van der Waals surface area contributed by atoms with Crippen LogP contribution in [-0.2, 0) is 0 Å². The summed E-state index contributed by atoms with van der Waals surface area (Å²) in [7, 11) is 0. The summed E-state index contributed by atoms with van der Waals surface area (Å²) in [5.41, 5.74) is 10.1. The quantitative estimate of drug-likeness (QED) is 0.320. The van der Waals surface area contributed by atoms with Gasteiger partial charge in [-0.2, -0.15) is 5.10 Å². The Morgan fingerprint density at radius 3 is 2.60 bits per heavy atom. The van der Waals surface area contributed by atoms with E-state index < -0.39 is 0 Å². The Labute approximate surface area is 174 Å². The zero-order valence-electron chi connectivity index (χ0n) is 16.9. The Morgan fingerprint density at radius 2 is 1.73 bits per heavy atom. The van der Waals surface area contributed by atoms with Crippen molar-refractivity contribution < 1.29 is 0 Å². The summed E-state index contributed by atoms with van der Waals surface area (Å²) in [6.45, 7) is 4.11. The molecule has 0 saturated carbocycles. The first-order valence-electron chi connectivity index (χ1n) is 9.89. The normalized spacial score (nSPS) is 11.5. The van der Waals surface area contributed by atoms with E-state index in [0.717, 1.165) is 44.9 Å². The zero-order valence-corrected chi connectivity index (χ0v) is 16.9. The number of nitrogens with one attached hydrogen (secondary N) is 1. The summed E-state index contributed by atoms with van der Waals surface area (Å²) in [4.78, 5) is 9.56. The van der Waals surface area contributed by atoms with Crippen molar-refractivity contribution in [3.8, 4) is 11.3 Å². The number of hydrazone groups is 1. The van der Waals surface area contributed by atoms with Gasteiger partial charge in [-0.05, 0) is 49.2 Å². The fourth-order valence-electron chi connectivity index (χ4n) is 3.60. The maximum absolute atomic E-state index is 4.81. The predicted octanol–water partition coefficient (Wildman–Crippen LogP) is 5.61. The number of anilines is 1. The Balaban J connectivity index is 1.53. The molecule has 5 rings (SSSR count). The number of aromatic nitrogens is 3. The molecule has 0 spiro atoms. The van der Waals surface area contributed by atoms with Gasteiger partial charge in [0.05, 0.1) is 23.1 Å². The summed E-state index contributed by atoms with van der Waals surface area (Å²) < 4.78 is 2.04. The zero-order chi connectivity index (χ0) is 20.5. The molecule has 1 N–H and O–H groups in total. The van der Waals surface area contributed by atoms with E-state index in [1.807, 2.05) is 60.1 Å². The van der Waals surface area contributed by atoms with Crippen molar-refractivity contribution in [1.29, 1.82) is 0 Å². The van der Waals surface area contributed by atoms with Crippen molar-refractivity contribution >= 4 is 28.6 Å². The van der Waals surface area contributed by atoms with E-state index in [4.69, 9.17) is 9.97 Å². The van der Waals surface area contributed by atoms with Crippen molar-refractivity contribution in [2.75, 3.05) is 5.43 Å². The molecule has 0 amide bonds. The lowest BCUT2D eigenvalue weighted by atomic mass is 10.1. The molecular formula is C25H21N5. The molecule has 5 aromatic rings. The van der Waals surface area contributed by atoms with Crippen molar-refractivity contribution in [2.24, 2.45) is 5.10 Å². The molecular weight excluding hydrogens is 370 g/mol. The van der Waals surface area contributed by atoms with Crippen LogP contribution < -0.4 is 5.43 Å². The van der Waals surface area contributed by atoms with Crippen LogP contribution in [0.25, 0.3) is 27.8 Å². The van der Waals surface area contributed by atoms with Gasteiger partial charge in [0.25, 0.3) is 0 Å². The second-order valence-corrected chi connectivity index (χ2v) is 7.36. The fraction of sp³-hybridized carbons (Fsp3) is 0.0800. The maximum Gasteiger partial charge on any atom is 0.149 e. The molecule has 5 nitrogen and oxygen atoms in total. The van der Waals surface area contributed by atoms with Gasteiger partial charge < -0.3 is 0 Å². The maximum atomic E-state index is 4.81. The number of pyridine rings is 2. The minimum absolute atomic E-state index is 0.749. The molecule has 2 aromatic carbocycles. The van der Waals surface area contributed by atoms with Gasteiger partial charge in [-0.1, -0.05) is 48.5 Å². The van der Waals surface area contributed by atoms with Crippen molar-refractivity contribution in [3.05, 3.63) is 95.8 Å². The van der Waals surface area contributed by atoms with Gasteiger partial charge >= 0.3 is 0 Å². The van der Waals surface area contributed by atoms with Crippen molar-refractivity contribution in [1.82, 2.24) is 14.4 Å². The predicted molar refractivity (Wildman–Crippen MR) is 123 cm³/mol. The Hall–Kier alpha value is -3.99. The van der Waals surface area contributed by atoms with E-state index in [1.54, 1.807) is 0 Å². The third kappa shape index (κ3) is 3.31. The minimum Gasteiger partial charge on any atom is -0.298 e. The summed E-state index contributed by atoms with van der Waals surface area (Å²) in [5.74, 6) is 0.749. The Kier molecular flexibility index (Phi) is 4.48. The molecule has 0 bridgehead atoms. The molecule has 0 aliphatic carbocycles. The molecule has 146 valence electrons. The van der Waals surface area contributed by atoms with Crippen LogP contribution in [0, 0.1) is 13.8 Å². The molecule has 0 aliphatic rings. The van der Waals surface area contributed by atoms with Gasteiger partial charge in [0.15, 0.2) is 0 Å². The highest BCUT2D eigenvalue weighted by molar-refractivity contribution is 5.89. The molecule has 0 fully saturated rings. The van der Waals surface area contributed by atoms with Crippen LogP contribution in [0.1, 0.15) is 16.8 Å². The van der Waals surface area contributed by atoms with Gasteiger partial charge in [0, 0.05) is 17.1 Å². The molecule has 0 atom stereocenters. The summed E-state index contributed by atoms with van der Waals surface area (Å²) in [6.07, 6.45) is 3.81. The first-order valence-corrected chi connectivity index (χ1v) is 9.89. The number of hydrogen-bond acceptors (Lipinski definition) is 4. The molecule has 3 heterocycles. The van der Waals surface area contributed by atoms with Crippen LogP contribution in [0.5, 0.6) is 0 Å². The Bertz CT molecular complexity index is 1380. The van der Waals surface area contributed by atoms with Crippen LogP contribution in [0.4, 0.5) is 5.82 Å². The third-order valence-corrected chi connectivity index (χ3v) is 5.14. The number of hydrogen-bond donors (Lipinski definition) is 1. The first kappa shape index (κ1) is 18.1. The molecule has 0 saturated heterocycles. The monoisotopic (exact) mass is 391 g/mol. The first-order chi connectivity index (χ1) is 14.7. The van der Waals surface area contributed by atoms with Gasteiger partial charge in [-0.15, -0.1) is 0 Å². The number of benzene rings is 2. The fourth-order valence-corrected chi connectivity index (χ4v) is 3.60. The summed E-state index contributed by atoms with van der Waals surface area (Å²) in [6, 6.07) is 24.5. The number of aryl methyl sites for hydroxylation is 2. The molecule has 0 unspecified atom stereocenters. The van der Waals surface area contributed by atoms with Gasteiger partial charge in [-0.25, -0.2) is 9.97 Å². The lowest BCUT2D eigenvalue weighted by Crippen LogP contribution is -1.99. The lowest BCUT2D eigenvalue weighted by molar-refractivity contribution is 1.16. The second kappa shape index (κ2) is 7.44. The topological polar surface area (TPSA) is 54.6 Å². The largest absolute Gasteiger partial charge is 0.298 e. The van der Waals surface area contributed by atoms with Gasteiger partial charge in [0.2, 0.25) is 0 Å². The van der Waals surface area contributed by atoms with E-state index in [-0.39, 0.29) is 0 Å². The standard InChI is InChI=1S/C25H21N5/c1-17-11-12-20-15-18(2)25(27-21(20)14-17)29-26-16-22-24(19-8-4-3-5-9-19)28-23-10-6-7-13-30(22)23/h3-16H,1-2H3,(H,27,29)/b26-16+. The summed E-state index contributed by atoms with van der Waals surface area (Å²) in [5, 5.41) is 5.64. The highest BCUT2D eigenvalue weighted by Gasteiger charge is 2.12. The van der Waals surface area contributed by atoms with E-state index >= 15 is 0 Å². The Morgan fingerprint density at radius 1 is 0.900 bits per heavy atom. The second-order valence-electron chi connectivity index (χ2n) is 7.36. The van der Waals surface area contributed by atoms with Crippen LogP contribution in [0.2, 0.25) is 0 Å². The average molecular weight is 391 g/mol. The molecule has 5 heteroatoms. The van der Waals surface area contributed by atoms with Crippen LogP contribution in [0.15, 0.2) is 84.1 Å². The third-order valence-electron chi connectivity index (χ3n) is 5.14. The highest BCUT2D eigenvalue weighted by Crippen LogP contribution is 2.24. The van der Waals surface area contributed by atoms with Gasteiger partial charge in [0.1, 0.15) is 11.5 Å². The number of nitrogens with zero attached hydrogens (tertiary/aromatic N) is 4. The molecule has 0 aliphatic heterocycles. The number of imidazole rings is 1. The summed E-state index contributed by atoms with van der Waals surface area (Å²) >= 11 is 0. The van der Waals surface area contributed by atoms with Crippen molar-refractivity contribution in [3.63, 3.8) is 0 Å². The minimum atomic E-state index is 0.749. The van der Waals surface area contributed by atoms with Crippen LogP contribution in [-0.4, -0.2) is 20.6 Å². The molecule has 3 aromatic heterocycles. The van der Waals surface area contributed by atoms with E-state index in [2.05, 4.69) is 53.8 Å². The smallest absolute Gasteiger partial charge is 0.149 e. The highest BCUT2D eigenvalue weighted by atomic mass is 15.3. The molecule has 0 radical (unpaired) electrons. The van der Waals surface area contributed by atoms with Crippen LogP contribution in [0.3, 0.4) is 0 Å². The van der Waals surface area contributed by atoms with E-state index in [1.165, 1.54) is 5.56 Å². The van der Waals surface area contributed by atoms with E-state index in [9.17, 15) is 0 Å². The SMILES string of the molecule is Cc1ccc2cc(C)c(N/N=C/c3c(-c4ccccc4)nc4ccccn34)nc2c1. The van der Waals surface area contributed by atoms with Gasteiger partial charge in [-0.3, -0.25) is 9.83 Å². The molecule has 30 heavy (non-hydrogen) atoms. The van der Waals surface area contributed by atoms with Crippen LogP contribution >= 0.6 is 0 Å². The number of fused-ring (bicyclic) bond motifs is 2. The lowest BCUT2D eigenvalue weighted by Gasteiger charge is -2.07. The van der Waals surface area contributed by atoms with E-state index in [0.29, 0.717) is 0 Å². The number of rotatable bonds is 4. The average Bonchev–Trinajstić information content (AvgIpc) is 3.14. The van der Waals surface area contributed by atoms with Crippen molar-refractivity contribution in [2.45, 2.75) is 13.8 Å².